The lowest BCUT2D eigenvalue weighted by Gasteiger charge is -2.36. The minimum Gasteiger partial charge on any atom is -0.445 e. The molecular weight excluding hydrogens is 760 g/mol. The van der Waals surface area contributed by atoms with Gasteiger partial charge in [0.15, 0.2) is 0 Å². The van der Waals surface area contributed by atoms with Crippen LogP contribution in [0.1, 0.15) is 95.1 Å². The number of ether oxygens (including phenoxy) is 1. The van der Waals surface area contributed by atoms with Gasteiger partial charge >= 0.3 is 6.09 Å². The Morgan fingerprint density at radius 3 is 2.54 bits per heavy atom. The number of benzene rings is 1. The van der Waals surface area contributed by atoms with Crippen molar-refractivity contribution in [3.8, 4) is 0 Å². The van der Waals surface area contributed by atoms with Crippen molar-refractivity contribution in [3.05, 3.63) is 67.7 Å². The van der Waals surface area contributed by atoms with Gasteiger partial charge in [-0.15, -0.1) is 0 Å². The molecule has 0 aromatic heterocycles. The van der Waals surface area contributed by atoms with E-state index >= 15 is 0 Å². The van der Waals surface area contributed by atoms with E-state index in [-0.39, 0.29) is 37.7 Å². The normalized spacial score (nSPS) is 26.1. The number of carbonyl (C=O) groups excluding carboxylic acids is 3. The molecule has 0 bridgehead atoms. The van der Waals surface area contributed by atoms with Gasteiger partial charge in [-0.05, 0) is 75.3 Å². The zero-order chi connectivity index (χ0) is 40.6. The second-order valence-electron chi connectivity index (χ2n) is 16.7. The molecular formula is C40H53FN6O9S. The van der Waals surface area contributed by atoms with Gasteiger partial charge in [-0.1, -0.05) is 44.1 Å². The van der Waals surface area contributed by atoms with Crippen LogP contribution in [-0.2, 0) is 37.4 Å². The van der Waals surface area contributed by atoms with Gasteiger partial charge in [0, 0.05) is 38.2 Å². The highest BCUT2D eigenvalue weighted by Gasteiger charge is 2.56. The molecule has 2 aliphatic carbocycles. The van der Waals surface area contributed by atoms with Gasteiger partial charge in [-0.3, -0.25) is 33.7 Å². The number of aliphatic hydroxyl groups is 1. The highest BCUT2D eigenvalue weighted by Crippen LogP contribution is 2.53. The van der Waals surface area contributed by atoms with Crippen molar-refractivity contribution >= 4 is 39.3 Å². The van der Waals surface area contributed by atoms with Gasteiger partial charge < -0.3 is 25.8 Å². The SMILES string of the molecule is C[C@]1(C(=O)NS(=O)(=O)C2CC2)C[C@H]1/C=C\CCCCC[C@H](Nc1c(N2CCCCC2)c(=O)c1=O)C(O)N1CC(OC(=O)N2Cc3cccc(F)c3C2)C[C@H]1C(N)=O. The number of hydrogen-bond donors (Lipinski definition) is 4. The van der Waals surface area contributed by atoms with Gasteiger partial charge in [0.05, 0.1) is 29.3 Å². The first-order chi connectivity index (χ1) is 27.2. The summed E-state index contributed by atoms with van der Waals surface area (Å²) in [6, 6.07) is 2.89. The summed E-state index contributed by atoms with van der Waals surface area (Å²) in [6.07, 6.45) is 8.91. The summed E-state index contributed by atoms with van der Waals surface area (Å²) in [5.74, 6) is -1.62. The number of rotatable bonds is 17. The largest absolute Gasteiger partial charge is 0.445 e. The number of fused-ring (bicyclic) bond motifs is 1. The number of anilines is 2. The Kier molecular flexibility index (Phi) is 11.8. The quantitative estimate of drug-likeness (QED) is 0.103. The third-order valence-electron chi connectivity index (χ3n) is 12.4. The summed E-state index contributed by atoms with van der Waals surface area (Å²) in [5.41, 5.74) is 5.41. The number of likely N-dealkylation sites (tertiary alicyclic amines) is 1. The molecule has 2 saturated carbocycles. The average molecular weight is 813 g/mol. The van der Waals surface area contributed by atoms with Crippen molar-refractivity contribution in [1.29, 1.82) is 0 Å². The van der Waals surface area contributed by atoms with E-state index in [2.05, 4.69) is 10.0 Å². The van der Waals surface area contributed by atoms with E-state index < -0.39 is 79.7 Å². The number of amides is 3. The number of nitrogens with two attached hydrogens (primary N) is 1. The second kappa shape index (κ2) is 16.5. The van der Waals surface area contributed by atoms with E-state index in [1.807, 2.05) is 17.1 Å². The first-order valence-corrected chi connectivity index (χ1v) is 21.7. The molecule has 17 heteroatoms. The van der Waals surface area contributed by atoms with E-state index in [4.69, 9.17) is 10.5 Å². The molecule has 3 aliphatic heterocycles. The lowest BCUT2D eigenvalue weighted by molar-refractivity contribution is -0.127. The summed E-state index contributed by atoms with van der Waals surface area (Å²) in [6.45, 7) is 3.26. The molecule has 5 aliphatic rings. The van der Waals surface area contributed by atoms with Gasteiger partial charge in [0.25, 0.3) is 10.9 Å². The molecule has 2 saturated heterocycles. The molecule has 3 heterocycles. The Labute approximate surface area is 331 Å². The van der Waals surface area contributed by atoms with Crippen LogP contribution in [0.4, 0.5) is 20.6 Å². The van der Waals surface area contributed by atoms with Crippen molar-refractivity contribution in [2.24, 2.45) is 17.1 Å². The predicted octanol–water partition coefficient (Wildman–Crippen LogP) is 2.73. The molecule has 2 aromatic rings. The van der Waals surface area contributed by atoms with Crippen molar-refractivity contribution in [1.82, 2.24) is 14.5 Å². The highest BCUT2D eigenvalue weighted by atomic mass is 32.2. The van der Waals surface area contributed by atoms with Gasteiger partial charge in [0.2, 0.25) is 21.8 Å². The summed E-state index contributed by atoms with van der Waals surface area (Å²) in [7, 11) is -3.60. The van der Waals surface area contributed by atoms with Crippen LogP contribution in [-0.4, -0.2) is 90.5 Å². The average Bonchev–Trinajstić information content (AvgIpc) is 4.06. The number of nitrogens with one attached hydrogen (secondary N) is 2. The number of piperidine rings is 1. The standard InChI is InChI=1S/C40H53FN6O9S/c1-40(38(52)44-57(54,55)27-15-16-27)20-25(40)12-6-3-2-4-7-14-30(43-32-33(35(49)34(32)48)45-17-8-5-9-18-45)37(51)47-22-26(19-31(47)36(42)50)56-39(53)46-21-24-11-10-13-29(41)28(24)23-46/h6,10-13,25-27,30-31,37,43,51H,2-5,7-9,14-23H2,1H3,(H2,42,50)(H,44,52)/b12-6-/t25-,26?,30+,31+,37?,40+/m1/s1. The van der Waals surface area contributed by atoms with Crippen LogP contribution in [0.2, 0.25) is 0 Å². The minimum atomic E-state index is -3.60. The smallest absolute Gasteiger partial charge is 0.410 e. The van der Waals surface area contributed by atoms with Crippen molar-refractivity contribution in [2.75, 3.05) is 29.9 Å². The summed E-state index contributed by atoms with van der Waals surface area (Å²) < 4.78 is 46.8. The Hall–Kier alpha value is -4.35. The Morgan fingerprint density at radius 2 is 1.84 bits per heavy atom. The number of carbonyl (C=O) groups is 3. The molecule has 5 N–H and O–H groups in total. The van der Waals surface area contributed by atoms with Crippen LogP contribution >= 0.6 is 0 Å². The number of hydrogen-bond acceptors (Lipinski definition) is 12. The Balaban J connectivity index is 0.968. The summed E-state index contributed by atoms with van der Waals surface area (Å²) >= 11 is 0. The molecule has 310 valence electrons. The van der Waals surface area contributed by atoms with E-state index in [9.17, 15) is 41.9 Å². The van der Waals surface area contributed by atoms with E-state index in [1.165, 1.54) is 15.9 Å². The van der Waals surface area contributed by atoms with E-state index in [1.54, 1.807) is 19.1 Å². The number of unbranched alkanes of at least 4 members (excludes halogenated alkanes) is 3. The Bertz CT molecular complexity index is 2080. The fourth-order valence-electron chi connectivity index (χ4n) is 8.56. The minimum absolute atomic E-state index is 0.0197. The number of allylic oxidation sites excluding steroid dienone is 2. The van der Waals surface area contributed by atoms with Crippen LogP contribution < -0.4 is 31.5 Å². The van der Waals surface area contributed by atoms with Gasteiger partial charge in [-0.25, -0.2) is 17.6 Å². The molecule has 15 nitrogen and oxygen atoms in total. The maximum Gasteiger partial charge on any atom is 0.410 e. The fourth-order valence-corrected chi connectivity index (χ4v) is 9.98. The number of nitrogens with zero attached hydrogens (tertiary/aromatic N) is 3. The number of sulfonamides is 1. The lowest BCUT2D eigenvalue weighted by Crippen LogP contribution is -2.54. The van der Waals surface area contributed by atoms with Gasteiger partial charge in [0.1, 0.15) is 29.5 Å². The summed E-state index contributed by atoms with van der Waals surface area (Å²) in [5, 5.41) is 14.6. The molecule has 7 rings (SSSR count). The zero-order valence-corrected chi connectivity index (χ0v) is 33.1. The van der Waals surface area contributed by atoms with E-state index in [0.29, 0.717) is 68.4 Å². The lowest BCUT2D eigenvalue weighted by atomic mass is 10.0. The maximum absolute atomic E-state index is 14.3. The molecule has 6 atom stereocenters. The number of primary amides is 1. The third kappa shape index (κ3) is 8.75. The molecule has 2 unspecified atom stereocenters. The highest BCUT2D eigenvalue weighted by molar-refractivity contribution is 7.90. The second-order valence-corrected chi connectivity index (χ2v) is 18.6. The van der Waals surface area contributed by atoms with Crippen molar-refractivity contribution < 1.29 is 37.0 Å². The first kappa shape index (κ1) is 40.8. The first-order valence-electron chi connectivity index (χ1n) is 20.2. The van der Waals surface area contributed by atoms with E-state index in [0.717, 1.165) is 32.1 Å². The van der Waals surface area contributed by atoms with Gasteiger partial charge in [-0.2, -0.15) is 0 Å². The molecule has 2 aromatic carbocycles. The maximum atomic E-state index is 14.3. The molecule has 3 amide bonds. The van der Waals surface area contributed by atoms with Crippen LogP contribution in [0.25, 0.3) is 0 Å². The monoisotopic (exact) mass is 812 g/mol. The molecule has 4 fully saturated rings. The number of aliphatic hydroxyl groups excluding tert-OH is 1. The fraction of sp³-hybridized carbons (Fsp3) is 0.625. The van der Waals surface area contributed by atoms with Crippen molar-refractivity contribution in [2.45, 2.75) is 127 Å². The molecule has 0 radical (unpaired) electrons. The van der Waals surface area contributed by atoms with Crippen LogP contribution in [0.3, 0.4) is 0 Å². The summed E-state index contributed by atoms with van der Waals surface area (Å²) in [4.78, 5) is 69.1. The van der Waals surface area contributed by atoms with Crippen LogP contribution in [0.15, 0.2) is 39.9 Å². The topological polar surface area (TPSA) is 209 Å². The molecule has 57 heavy (non-hydrogen) atoms. The molecule has 0 spiro atoms. The Morgan fingerprint density at radius 1 is 1.09 bits per heavy atom. The number of halogens is 1. The third-order valence-corrected chi connectivity index (χ3v) is 14.3. The van der Waals surface area contributed by atoms with Crippen molar-refractivity contribution in [3.63, 3.8) is 0 Å². The van der Waals surface area contributed by atoms with Crippen LogP contribution in [0.5, 0.6) is 0 Å². The van der Waals surface area contributed by atoms with Crippen LogP contribution in [0, 0.1) is 17.2 Å². The zero-order valence-electron chi connectivity index (χ0n) is 32.3. The predicted molar refractivity (Wildman–Crippen MR) is 210 cm³/mol.